The Balaban J connectivity index is 2.30. The summed E-state index contributed by atoms with van der Waals surface area (Å²) in [6.07, 6.45) is -3.04. The first kappa shape index (κ1) is 14.4. The zero-order chi connectivity index (χ0) is 14.8. The van der Waals surface area contributed by atoms with Crippen LogP contribution >= 0.6 is 11.6 Å². The minimum atomic E-state index is -4.40. The highest BCUT2D eigenvalue weighted by molar-refractivity contribution is 6.32. The Morgan fingerprint density at radius 3 is 2.65 bits per heavy atom. The summed E-state index contributed by atoms with van der Waals surface area (Å²) in [7, 11) is 1.62. The van der Waals surface area contributed by atoms with Crippen LogP contribution in [0.15, 0.2) is 30.5 Å². The summed E-state index contributed by atoms with van der Waals surface area (Å²) in [4.78, 5) is 7.91. The average molecular weight is 303 g/mol. The second kappa shape index (κ2) is 5.54. The molecule has 1 aromatic heterocycles. The fourth-order valence-corrected chi connectivity index (χ4v) is 1.62. The minimum Gasteiger partial charge on any atom is -0.357 e. The van der Waals surface area contributed by atoms with E-state index in [9.17, 15) is 13.2 Å². The minimum absolute atomic E-state index is 0.210. The van der Waals surface area contributed by atoms with E-state index >= 15 is 0 Å². The molecule has 106 valence electrons. The van der Waals surface area contributed by atoms with E-state index in [0.29, 0.717) is 5.95 Å². The summed E-state index contributed by atoms with van der Waals surface area (Å²) in [6, 6.07) is 4.77. The highest BCUT2D eigenvalue weighted by Crippen LogP contribution is 2.32. The molecule has 0 amide bonds. The molecule has 0 saturated heterocycles. The third kappa shape index (κ3) is 3.30. The molecule has 0 unspecified atom stereocenters. The Labute approximate surface area is 118 Å². The van der Waals surface area contributed by atoms with Gasteiger partial charge in [0.25, 0.3) is 0 Å². The first-order valence-electron chi connectivity index (χ1n) is 5.54. The van der Waals surface area contributed by atoms with E-state index in [1.54, 1.807) is 7.05 Å². The summed E-state index contributed by atoms with van der Waals surface area (Å²) in [6.45, 7) is 0. The molecule has 0 fully saturated rings. The number of benzene rings is 1. The fraction of sp³-hybridized carbons (Fsp3) is 0.167. The monoisotopic (exact) mass is 302 g/mol. The van der Waals surface area contributed by atoms with Crippen LogP contribution in [-0.2, 0) is 6.18 Å². The van der Waals surface area contributed by atoms with Gasteiger partial charge in [-0.25, -0.2) is 4.98 Å². The third-order valence-electron chi connectivity index (χ3n) is 2.42. The molecule has 0 spiro atoms. The molecule has 0 radical (unpaired) electrons. The number of alkyl halides is 3. The lowest BCUT2D eigenvalue weighted by Crippen LogP contribution is -2.06. The molecule has 1 aromatic carbocycles. The Bertz CT molecular complexity index is 616. The van der Waals surface area contributed by atoms with Gasteiger partial charge >= 0.3 is 6.18 Å². The van der Waals surface area contributed by atoms with E-state index in [1.807, 2.05) is 0 Å². The molecular weight excluding hydrogens is 293 g/mol. The van der Waals surface area contributed by atoms with Gasteiger partial charge in [0.05, 0.1) is 11.8 Å². The highest BCUT2D eigenvalue weighted by Gasteiger charge is 2.30. The van der Waals surface area contributed by atoms with Crippen LogP contribution in [0.25, 0.3) is 0 Å². The lowest BCUT2D eigenvalue weighted by atomic mass is 10.2. The number of rotatable bonds is 3. The molecule has 1 heterocycles. The number of halogens is 4. The number of anilines is 3. The van der Waals surface area contributed by atoms with E-state index < -0.39 is 11.7 Å². The van der Waals surface area contributed by atoms with Crippen LogP contribution in [0.5, 0.6) is 0 Å². The molecule has 20 heavy (non-hydrogen) atoms. The van der Waals surface area contributed by atoms with Crippen molar-refractivity contribution in [3.8, 4) is 0 Å². The number of hydrogen-bond acceptors (Lipinski definition) is 4. The van der Waals surface area contributed by atoms with Crippen molar-refractivity contribution in [1.29, 1.82) is 0 Å². The van der Waals surface area contributed by atoms with Gasteiger partial charge in [-0.3, -0.25) is 0 Å². The first-order valence-corrected chi connectivity index (χ1v) is 5.92. The van der Waals surface area contributed by atoms with Gasteiger partial charge in [0.15, 0.2) is 5.82 Å². The largest absolute Gasteiger partial charge is 0.416 e. The molecule has 2 rings (SSSR count). The van der Waals surface area contributed by atoms with Gasteiger partial charge in [-0.1, -0.05) is 17.7 Å². The summed E-state index contributed by atoms with van der Waals surface area (Å²) in [5.41, 5.74) is -0.510. The standard InChI is InChI=1S/C12H10ClF3N4/c1-17-11-18-6-9(13)10(20-11)19-8-4-2-3-7(5-8)12(14,15)16/h2-6H,1H3,(H2,17,18,19,20). The van der Waals surface area contributed by atoms with E-state index in [4.69, 9.17) is 11.6 Å². The molecule has 0 aliphatic rings. The Kier molecular flexibility index (Phi) is 3.99. The van der Waals surface area contributed by atoms with E-state index in [-0.39, 0.29) is 16.5 Å². The SMILES string of the molecule is CNc1ncc(Cl)c(Nc2cccc(C(F)(F)F)c2)n1. The van der Waals surface area contributed by atoms with Crippen LogP contribution in [0.2, 0.25) is 5.02 Å². The number of nitrogens with zero attached hydrogens (tertiary/aromatic N) is 2. The lowest BCUT2D eigenvalue weighted by Gasteiger charge is -2.11. The van der Waals surface area contributed by atoms with Crippen LogP contribution in [0.4, 0.5) is 30.6 Å². The van der Waals surface area contributed by atoms with Crippen LogP contribution in [0, 0.1) is 0 Å². The number of nitrogens with one attached hydrogen (secondary N) is 2. The maximum absolute atomic E-state index is 12.6. The van der Waals surface area contributed by atoms with Crippen molar-refractivity contribution < 1.29 is 13.2 Å². The smallest absolute Gasteiger partial charge is 0.357 e. The quantitative estimate of drug-likeness (QED) is 0.902. The highest BCUT2D eigenvalue weighted by atomic mass is 35.5. The third-order valence-corrected chi connectivity index (χ3v) is 2.70. The van der Waals surface area contributed by atoms with Gasteiger partial charge in [0.1, 0.15) is 5.02 Å². The topological polar surface area (TPSA) is 49.8 Å². The predicted molar refractivity (Wildman–Crippen MR) is 71.3 cm³/mol. The van der Waals surface area contributed by atoms with Crippen LogP contribution in [0.1, 0.15) is 5.56 Å². The maximum Gasteiger partial charge on any atom is 0.416 e. The van der Waals surface area contributed by atoms with Crippen molar-refractivity contribution in [2.75, 3.05) is 17.7 Å². The average Bonchev–Trinajstić information content (AvgIpc) is 2.41. The van der Waals surface area contributed by atoms with E-state index in [0.717, 1.165) is 12.1 Å². The van der Waals surface area contributed by atoms with E-state index in [2.05, 4.69) is 20.6 Å². The molecule has 0 aliphatic carbocycles. The Morgan fingerprint density at radius 2 is 2.00 bits per heavy atom. The van der Waals surface area contributed by atoms with Gasteiger partial charge in [-0.15, -0.1) is 0 Å². The van der Waals surface area contributed by atoms with Crippen molar-refractivity contribution in [2.45, 2.75) is 6.18 Å². The second-order valence-electron chi connectivity index (χ2n) is 3.84. The Morgan fingerprint density at radius 1 is 1.25 bits per heavy atom. The summed E-state index contributed by atoms with van der Waals surface area (Å²) in [5, 5.41) is 5.66. The molecule has 4 nitrogen and oxygen atoms in total. The summed E-state index contributed by atoms with van der Waals surface area (Å²) >= 11 is 5.90. The van der Waals surface area contributed by atoms with Crippen LogP contribution in [-0.4, -0.2) is 17.0 Å². The summed E-state index contributed by atoms with van der Waals surface area (Å²) in [5.74, 6) is 0.536. The van der Waals surface area contributed by atoms with Crippen molar-refractivity contribution in [1.82, 2.24) is 9.97 Å². The molecule has 0 bridgehead atoms. The molecule has 8 heteroatoms. The number of hydrogen-bond donors (Lipinski definition) is 2. The van der Waals surface area contributed by atoms with Gasteiger partial charge in [0.2, 0.25) is 5.95 Å². The predicted octanol–water partition coefficient (Wildman–Crippen LogP) is 3.93. The Hall–Kier alpha value is -2.02. The van der Waals surface area contributed by atoms with E-state index in [1.165, 1.54) is 18.3 Å². The molecule has 0 aliphatic heterocycles. The molecule has 2 aromatic rings. The zero-order valence-corrected chi connectivity index (χ0v) is 11.0. The van der Waals surface area contributed by atoms with Gasteiger partial charge in [-0.05, 0) is 18.2 Å². The fourth-order valence-electron chi connectivity index (χ4n) is 1.49. The van der Waals surface area contributed by atoms with Crippen LogP contribution in [0.3, 0.4) is 0 Å². The van der Waals surface area contributed by atoms with Crippen LogP contribution < -0.4 is 10.6 Å². The second-order valence-corrected chi connectivity index (χ2v) is 4.25. The lowest BCUT2D eigenvalue weighted by molar-refractivity contribution is -0.137. The first-order chi connectivity index (χ1) is 9.40. The van der Waals surface area contributed by atoms with Gasteiger partial charge in [-0.2, -0.15) is 18.2 Å². The van der Waals surface area contributed by atoms with Crippen molar-refractivity contribution in [3.63, 3.8) is 0 Å². The van der Waals surface area contributed by atoms with Gasteiger partial charge < -0.3 is 10.6 Å². The molecule has 0 saturated carbocycles. The zero-order valence-electron chi connectivity index (χ0n) is 10.3. The van der Waals surface area contributed by atoms with Crippen molar-refractivity contribution in [2.24, 2.45) is 0 Å². The maximum atomic E-state index is 12.6. The molecule has 0 atom stereocenters. The van der Waals surface area contributed by atoms with Gasteiger partial charge in [0, 0.05) is 12.7 Å². The normalized spacial score (nSPS) is 11.2. The van der Waals surface area contributed by atoms with Crippen molar-refractivity contribution >= 4 is 29.1 Å². The number of aromatic nitrogens is 2. The molecular formula is C12H10ClF3N4. The molecule has 2 N–H and O–H groups in total. The summed E-state index contributed by atoms with van der Waals surface area (Å²) < 4.78 is 37.8. The van der Waals surface area contributed by atoms with Crippen molar-refractivity contribution in [3.05, 3.63) is 41.0 Å².